The number of nitrogens with zero attached hydrogens (tertiary/aromatic N) is 1. The van der Waals surface area contributed by atoms with Crippen molar-refractivity contribution in [2.45, 2.75) is 37.8 Å². The minimum Gasteiger partial charge on any atom is -0.480 e. The van der Waals surface area contributed by atoms with E-state index in [1.54, 1.807) is 0 Å². The summed E-state index contributed by atoms with van der Waals surface area (Å²) in [6, 6.07) is 16.0. The van der Waals surface area contributed by atoms with Gasteiger partial charge in [-0.05, 0) is 43.0 Å². The van der Waals surface area contributed by atoms with E-state index in [0.717, 1.165) is 27.2 Å². The van der Waals surface area contributed by atoms with E-state index in [2.05, 4.69) is 5.32 Å². The molecule has 1 aliphatic rings. The SMILES string of the molecule is COCC(C)(NC(=O)OCC1c2ccccc2-c2ccccc21)C(=O)N(C)C(C)(C)C(=O)O. The molecule has 0 aliphatic heterocycles. The van der Waals surface area contributed by atoms with Gasteiger partial charge in [0.1, 0.15) is 17.7 Å². The number of nitrogens with one attached hydrogen (secondary N) is 1. The third kappa shape index (κ3) is 4.57. The summed E-state index contributed by atoms with van der Waals surface area (Å²) in [5, 5.41) is 12.1. The molecule has 1 unspecified atom stereocenters. The normalized spacial score (nSPS) is 14.6. The molecule has 0 saturated carbocycles. The van der Waals surface area contributed by atoms with Crippen LogP contribution in [-0.2, 0) is 19.1 Å². The molecule has 2 N–H and O–H groups in total. The smallest absolute Gasteiger partial charge is 0.408 e. The van der Waals surface area contributed by atoms with Gasteiger partial charge in [0.25, 0.3) is 5.91 Å². The lowest BCUT2D eigenvalue weighted by Gasteiger charge is -2.38. The second-order valence-electron chi connectivity index (χ2n) is 8.94. The monoisotopic (exact) mass is 454 g/mol. The van der Waals surface area contributed by atoms with E-state index in [0.29, 0.717) is 0 Å². The average molecular weight is 455 g/mol. The first-order valence-corrected chi connectivity index (χ1v) is 10.7. The minimum atomic E-state index is -1.52. The van der Waals surface area contributed by atoms with Crippen LogP contribution in [0.15, 0.2) is 48.5 Å². The molecule has 2 aromatic carbocycles. The Bertz CT molecular complexity index is 1020. The van der Waals surface area contributed by atoms with Crippen molar-refractivity contribution in [3.8, 4) is 11.1 Å². The van der Waals surface area contributed by atoms with E-state index >= 15 is 0 Å². The maximum Gasteiger partial charge on any atom is 0.408 e. The highest BCUT2D eigenvalue weighted by molar-refractivity contribution is 5.93. The van der Waals surface area contributed by atoms with Gasteiger partial charge in [0.2, 0.25) is 0 Å². The Morgan fingerprint density at radius 3 is 2.00 bits per heavy atom. The number of benzene rings is 2. The van der Waals surface area contributed by atoms with Crippen LogP contribution >= 0.6 is 0 Å². The van der Waals surface area contributed by atoms with E-state index in [1.807, 2.05) is 48.5 Å². The number of ether oxygens (including phenoxy) is 2. The Balaban J connectivity index is 1.75. The van der Waals surface area contributed by atoms with Gasteiger partial charge in [-0.2, -0.15) is 0 Å². The Morgan fingerprint density at radius 1 is 1.00 bits per heavy atom. The Morgan fingerprint density at radius 2 is 1.52 bits per heavy atom. The quantitative estimate of drug-likeness (QED) is 0.634. The number of carbonyl (C=O) groups excluding carboxylic acids is 2. The largest absolute Gasteiger partial charge is 0.480 e. The van der Waals surface area contributed by atoms with Crippen molar-refractivity contribution in [1.82, 2.24) is 10.2 Å². The van der Waals surface area contributed by atoms with E-state index < -0.39 is 29.0 Å². The number of carboxylic acids is 1. The minimum absolute atomic E-state index is 0.0908. The molecule has 33 heavy (non-hydrogen) atoms. The van der Waals surface area contributed by atoms with E-state index in [1.165, 1.54) is 34.9 Å². The summed E-state index contributed by atoms with van der Waals surface area (Å²) in [5.74, 6) is -1.90. The second kappa shape index (κ2) is 9.23. The predicted molar refractivity (Wildman–Crippen MR) is 123 cm³/mol. The molecule has 0 aromatic heterocycles. The van der Waals surface area contributed by atoms with Crippen molar-refractivity contribution in [2.75, 3.05) is 27.4 Å². The number of methoxy groups -OCH3 is 1. The van der Waals surface area contributed by atoms with Crippen LogP contribution in [0, 0.1) is 0 Å². The lowest BCUT2D eigenvalue weighted by molar-refractivity contribution is -0.158. The summed E-state index contributed by atoms with van der Waals surface area (Å²) in [7, 11) is 2.77. The van der Waals surface area contributed by atoms with Crippen LogP contribution in [-0.4, -0.2) is 66.4 Å². The van der Waals surface area contributed by atoms with Crippen molar-refractivity contribution < 1.29 is 29.0 Å². The van der Waals surface area contributed by atoms with Crippen molar-refractivity contribution >= 4 is 18.0 Å². The van der Waals surface area contributed by atoms with Crippen molar-refractivity contribution in [3.63, 3.8) is 0 Å². The average Bonchev–Trinajstić information content (AvgIpc) is 3.10. The Hall–Kier alpha value is -3.39. The lowest BCUT2D eigenvalue weighted by Crippen LogP contribution is -2.64. The van der Waals surface area contributed by atoms with Crippen LogP contribution < -0.4 is 5.32 Å². The Labute approximate surface area is 193 Å². The number of hydrogen-bond acceptors (Lipinski definition) is 5. The summed E-state index contributed by atoms with van der Waals surface area (Å²) in [6.45, 7) is 4.24. The zero-order chi connectivity index (χ0) is 24.4. The van der Waals surface area contributed by atoms with Crippen LogP contribution in [0.25, 0.3) is 11.1 Å². The Kier molecular flexibility index (Phi) is 6.78. The molecule has 1 atom stereocenters. The van der Waals surface area contributed by atoms with Crippen molar-refractivity contribution in [3.05, 3.63) is 59.7 Å². The molecule has 8 heteroatoms. The topological polar surface area (TPSA) is 105 Å². The molecule has 0 spiro atoms. The molecule has 0 saturated heterocycles. The number of rotatable bonds is 8. The van der Waals surface area contributed by atoms with Crippen LogP contribution in [0.2, 0.25) is 0 Å². The highest BCUT2D eigenvalue weighted by Gasteiger charge is 2.45. The van der Waals surface area contributed by atoms with Gasteiger partial charge in [-0.15, -0.1) is 0 Å². The summed E-state index contributed by atoms with van der Waals surface area (Å²) in [4.78, 5) is 38.6. The molecular weight excluding hydrogens is 424 g/mol. The lowest BCUT2D eigenvalue weighted by atomic mass is 9.96. The number of carbonyl (C=O) groups is 3. The molecule has 3 rings (SSSR count). The van der Waals surface area contributed by atoms with Gasteiger partial charge in [-0.25, -0.2) is 9.59 Å². The first-order valence-electron chi connectivity index (χ1n) is 10.7. The van der Waals surface area contributed by atoms with Gasteiger partial charge >= 0.3 is 12.1 Å². The summed E-state index contributed by atoms with van der Waals surface area (Å²) >= 11 is 0. The molecule has 0 radical (unpaired) electrons. The number of hydrogen-bond donors (Lipinski definition) is 2. The molecule has 2 amide bonds. The summed E-state index contributed by atoms with van der Waals surface area (Å²) in [5.41, 5.74) is 1.38. The number of fused-ring (bicyclic) bond motifs is 3. The van der Waals surface area contributed by atoms with Crippen LogP contribution in [0.4, 0.5) is 4.79 Å². The molecule has 8 nitrogen and oxygen atoms in total. The number of amides is 2. The van der Waals surface area contributed by atoms with Crippen molar-refractivity contribution in [2.24, 2.45) is 0 Å². The first-order chi connectivity index (χ1) is 15.5. The highest BCUT2D eigenvalue weighted by Crippen LogP contribution is 2.44. The number of alkyl carbamates (subject to hydrolysis) is 1. The van der Waals surface area contributed by atoms with Gasteiger partial charge in [0, 0.05) is 20.1 Å². The van der Waals surface area contributed by atoms with Crippen molar-refractivity contribution in [1.29, 1.82) is 0 Å². The summed E-state index contributed by atoms with van der Waals surface area (Å²) in [6.07, 6.45) is -0.786. The first kappa shape index (κ1) is 24.3. The summed E-state index contributed by atoms with van der Waals surface area (Å²) < 4.78 is 10.7. The van der Waals surface area contributed by atoms with Gasteiger partial charge in [-0.1, -0.05) is 48.5 Å². The fourth-order valence-electron chi connectivity index (χ4n) is 4.07. The van der Waals surface area contributed by atoms with Gasteiger partial charge in [-0.3, -0.25) is 4.79 Å². The van der Waals surface area contributed by atoms with E-state index in [9.17, 15) is 19.5 Å². The fraction of sp³-hybridized carbons (Fsp3) is 0.400. The van der Waals surface area contributed by atoms with Gasteiger partial charge in [0.15, 0.2) is 0 Å². The molecule has 0 bridgehead atoms. The maximum absolute atomic E-state index is 13.1. The second-order valence-corrected chi connectivity index (χ2v) is 8.94. The number of aliphatic carboxylic acids is 1. The molecule has 0 heterocycles. The number of likely N-dealkylation sites (N-methyl/N-ethyl adjacent to an activating group) is 1. The molecule has 176 valence electrons. The van der Waals surface area contributed by atoms with Crippen LogP contribution in [0.3, 0.4) is 0 Å². The zero-order valence-electron chi connectivity index (χ0n) is 19.5. The highest BCUT2D eigenvalue weighted by atomic mass is 16.5. The van der Waals surface area contributed by atoms with E-state index in [-0.39, 0.29) is 19.1 Å². The maximum atomic E-state index is 13.1. The molecule has 2 aromatic rings. The zero-order valence-corrected chi connectivity index (χ0v) is 19.5. The fourth-order valence-corrected chi connectivity index (χ4v) is 4.07. The number of carboxylic acid groups (broad SMARTS) is 1. The molecule has 1 aliphatic carbocycles. The van der Waals surface area contributed by atoms with Gasteiger partial charge in [0.05, 0.1) is 6.61 Å². The molecular formula is C25H30N2O6. The third-order valence-corrected chi connectivity index (χ3v) is 6.29. The predicted octanol–water partition coefficient (Wildman–Crippen LogP) is 3.25. The van der Waals surface area contributed by atoms with Gasteiger partial charge < -0.3 is 24.8 Å². The standard InChI is InChI=1S/C25H30N2O6/c1-24(2,22(29)30)27(4)21(28)25(3,15-32-5)26-23(31)33-14-20-18-12-8-6-10-16(18)17-11-7-9-13-19(17)20/h6-13,20H,14-15H2,1-5H3,(H,26,31)(H,29,30). The van der Waals surface area contributed by atoms with E-state index in [4.69, 9.17) is 9.47 Å². The molecule has 0 fully saturated rings. The third-order valence-electron chi connectivity index (χ3n) is 6.29. The van der Waals surface area contributed by atoms with Crippen LogP contribution in [0.5, 0.6) is 0 Å². The van der Waals surface area contributed by atoms with Crippen LogP contribution in [0.1, 0.15) is 37.8 Å².